The molecule has 0 bridgehead atoms. The van der Waals surface area contributed by atoms with E-state index in [9.17, 15) is 8.42 Å². The van der Waals surface area contributed by atoms with Crippen molar-refractivity contribution in [2.75, 3.05) is 0 Å². The van der Waals surface area contributed by atoms with Gasteiger partial charge in [-0.1, -0.05) is 30.4 Å². The molecule has 92 valence electrons. The topological polar surface area (TPSA) is 72.2 Å². The van der Waals surface area contributed by atoms with Gasteiger partial charge >= 0.3 is 0 Å². The highest BCUT2D eigenvalue weighted by Crippen LogP contribution is 2.33. The van der Waals surface area contributed by atoms with Crippen molar-refractivity contribution < 1.29 is 8.42 Å². The standard InChI is InChI=1S/C11H14N2O2S2/c12-11(16)10(8-6-7-8)13-17(14,15)9-4-2-1-3-5-9/h1-5,8,10,13H,6-7H2,(H2,12,16). The number of hydrogen-bond acceptors (Lipinski definition) is 3. The number of nitrogens with one attached hydrogen (secondary N) is 1. The molecule has 0 amide bonds. The van der Waals surface area contributed by atoms with Crippen molar-refractivity contribution in [1.29, 1.82) is 0 Å². The molecule has 6 heteroatoms. The van der Waals surface area contributed by atoms with Gasteiger partial charge in [0.1, 0.15) is 0 Å². The Morgan fingerprint density at radius 3 is 2.41 bits per heavy atom. The van der Waals surface area contributed by atoms with E-state index < -0.39 is 16.1 Å². The first kappa shape index (κ1) is 12.5. The predicted octanol–water partition coefficient (Wildman–Crippen LogP) is 1.03. The third-order valence-corrected chi connectivity index (χ3v) is 4.45. The van der Waals surface area contributed by atoms with Crippen LogP contribution in [0.4, 0.5) is 0 Å². The van der Waals surface area contributed by atoms with E-state index >= 15 is 0 Å². The molecule has 0 spiro atoms. The molecular weight excluding hydrogens is 256 g/mol. The fourth-order valence-electron chi connectivity index (χ4n) is 1.65. The molecule has 0 aromatic heterocycles. The number of benzene rings is 1. The zero-order chi connectivity index (χ0) is 12.5. The highest BCUT2D eigenvalue weighted by Gasteiger charge is 2.36. The molecule has 0 saturated heterocycles. The van der Waals surface area contributed by atoms with E-state index in [1.807, 2.05) is 0 Å². The molecule has 0 radical (unpaired) electrons. The number of rotatable bonds is 5. The summed E-state index contributed by atoms with van der Waals surface area (Å²) in [6.07, 6.45) is 1.94. The van der Waals surface area contributed by atoms with E-state index in [-0.39, 0.29) is 15.8 Å². The minimum atomic E-state index is -3.53. The van der Waals surface area contributed by atoms with Gasteiger partial charge in [-0.05, 0) is 30.9 Å². The van der Waals surface area contributed by atoms with Gasteiger partial charge in [0, 0.05) is 0 Å². The van der Waals surface area contributed by atoms with Gasteiger partial charge in [-0.25, -0.2) is 13.1 Å². The van der Waals surface area contributed by atoms with E-state index in [1.165, 1.54) is 0 Å². The maximum atomic E-state index is 12.1. The Kier molecular flexibility index (Phi) is 3.46. The summed E-state index contributed by atoms with van der Waals surface area (Å²) in [4.78, 5) is 0.453. The fraction of sp³-hybridized carbons (Fsp3) is 0.364. The van der Waals surface area contributed by atoms with Crippen molar-refractivity contribution in [1.82, 2.24) is 4.72 Å². The second-order valence-electron chi connectivity index (χ2n) is 4.15. The van der Waals surface area contributed by atoms with Gasteiger partial charge in [-0.2, -0.15) is 0 Å². The molecule has 1 saturated carbocycles. The maximum absolute atomic E-state index is 12.1. The van der Waals surface area contributed by atoms with Crippen LogP contribution < -0.4 is 10.5 Å². The average Bonchev–Trinajstić information content (AvgIpc) is 3.11. The van der Waals surface area contributed by atoms with Crippen molar-refractivity contribution in [3.05, 3.63) is 30.3 Å². The van der Waals surface area contributed by atoms with Gasteiger partial charge in [0.2, 0.25) is 10.0 Å². The van der Waals surface area contributed by atoms with Crippen LogP contribution in [0.2, 0.25) is 0 Å². The van der Waals surface area contributed by atoms with E-state index in [4.69, 9.17) is 18.0 Å². The lowest BCUT2D eigenvalue weighted by atomic mass is 10.2. The van der Waals surface area contributed by atoms with E-state index in [0.717, 1.165) is 12.8 Å². The predicted molar refractivity (Wildman–Crippen MR) is 70.1 cm³/mol. The molecule has 1 fully saturated rings. The summed E-state index contributed by atoms with van der Waals surface area (Å²) < 4.78 is 26.7. The number of nitrogens with two attached hydrogens (primary N) is 1. The third-order valence-electron chi connectivity index (χ3n) is 2.74. The molecule has 1 atom stereocenters. The van der Waals surface area contributed by atoms with E-state index in [1.54, 1.807) is 30.3 Å². The molecular formula is C11H14N2O2S2. The van der Waals surface area contributed by atoms with Crippen molar-refractivity contribution in [3.8, 4) is 0 Å². The molecule has 17 heavy (non-hydrogen) atoms. The Morgan fingerprint density at radius 1 is 1.35 bits per heavy atom. The monoisotopic (exact) mass is 270 g/mol. The first-order valence-electron chi connectivity index (χ1n) is 5.37. The second kappa shape index (κ2) is 4.72. The van der Waals surface area contributed by atoms with Crippen LogP contribution in [0.15, 0.2) is 35.2 Å². The van der Waals surface area contributed by atoms with E-state index in [2.05, 4.69) is 4.72 Å². The zero-order valence-electron chi connectivity index (χ0n) is 9.17. The Balaban J connectivity index is 2.19. The highest BCUT2D eigenvalue weighted by atomic mass is 32.2. The summed E-state index contributed by atoms with van der Waals surface area (Å²) in [5, 5.41) is 0. The van der Waals surface area contributed by atoms with Crippen LogP contribution in [0.5, 0.6) is 0 Å². The Morgan fingerprint density at radius 2 is 1.94 bits per heavy atom. The lowest BCUT2D eigenvalue weighted by molar-refractivity contribution is 0.565. The van der Waals surface area contributed by atoms with Crippen LogP contribution in [0, 0.1) is 5.92 Å². The quantitative estimate of drug-likeness (QED) is 0.784. The molecule has 3 N–H and O–H groups in total. The van der Waals surface area contributed by atoms with Crippen LogP contribution in [-0.4, -0.2) is 19.4 Å². The smallest absolute Gasteiger partial charge is 0.241 e. The molecule has 1 aromatic carbocycles. The van der Waals surface area contributed by atoms with Crippen LogP contribution in [0.25, 0.3) is 0 Å². The summed E-state index contributed by atoms with van der Waals surface area (Å²) in [6, 6.07) is 7.81. The van der Waals surface area contributed by atoms with Gasteiger partial charge in [0.15, 0.2) is 0 Å². The Bertz CT molecular complexity index is 510. The Hall–Kier alpha value is -0.980. The van der Waals surface area contributed by atoms with E-state index in [0.29, 0.717) is 0 Å². The van der Waals surface area contributed by atoms with Crippen molar-refractivity contribution >= 4 is 27.2 Å². The van der Waals surface area contributed by atoms with Crippen molar-refractivity contribution in [2.24, 2.45) is 11.7 Å². The SMILES string of the molecule is NC(=S)C(NS(=O)(=O)c1ccccc1)C1CC1. The molecule has 0 aliphatic heterocycles. The average molecular weight is 270 g/mol. The van der Waals surface area contributed by atoms with Crippen LogP contribution in [0.1, 0.15) is 12.8 Å². The maximum Gasteiger partial charge on any atom is 0.241 e. The van der Waals surface area contributed by atoms with Crippen LogP contribution >= 0.6 is 12.2 Å². The molecule has 2 rings (SSSR count). The van der Waals surface area contributed by atoms with Gasteiger partial charge in [-0.15, -0.1) is 0 Å². The minimum absolute atomic E-state index is 0.215. The van der Waals surface area contributed by atoms with Crippen LogP contribution in [0.3, 0.4) is 0 Å². The normalized spacial score (nSPS) is 17.6. The molecule has 1 aliphatic rings. The van der Waals surface area contributed by atoms with Gasteiger partial charge < -0.3 is 5.73 Å². The number of sulfonamides is 1. The largest absolute Gasteiger partial charge is 0.392 e. The first-order valence-corrected chi connectivity index (χ1v) is 7.26. The third kappa shape index (κ3) is 3.02. The molecule has 4 nitrogen and oxygen atoms in total. The number of thiocarbonyl (C=S) groups is 1. The summed E-state index contributed by atoms with van der Waals surface area (Å²) >= 11 is 4.90. The van der Waals surface area contributed by atoms with Gasteiger partial charge in [-0.3, -0.25) is 0 Å². The second-order valence-corrected chi connectivity index (χ2v) is 6.34. The summed E-state index contributed by atoms with van der Waals surface area (Å²) in [5.41, 5.74) is 5.57. The van der Waals surface area contributed by atoms with Crippen molar-refractivity contribution in [3.63, 3.8) is 0 Å². The molecule has 1 unspecified atom stereocenters. The lowest BCUT2D eigenvalue weighted by Gasteiger charge is -2.16. The summed E-state index contributed by atoms with van der Waals surface area (Å²) in [7, 11) is -3.53. The van der Waals surface area contributed by atoms with Crippen LogP contribution in [-0.2, 0) is 10.0 Å². The van der Waals surface area contributed by atoms with Gasteiger partial charge in [0.25, 0.3) is 0 Å². The molecule has 0 heterocycles. The minimum Gasteiger partial charge on any atom is -0.392 e. The number of hydrogen-bond donors (Lipinski definition) is 2. The van der Waals surface area contributed by atoms with Crippen molar-refractivity contribution in [2.45, 2.75) is 23.8 Å². The fourth-order valence-corrected chi connectivity index (χ4v) is 3.28. The Labute approximate surface area is 106 Å². The summed E-state index contributed by atoms with van der Waals surface area (Å²) in [5.74, 6) is 0.256. The molecule has 1 aromatic rings. The molecule has 1 aliphatic carbocycles. The van der Waals surface area contributed by atoms with Gasteiger partial charge in [0.05, 0.1) is 15.9 Å². The lowest BCUT2D eigenvalue weighted by Crippen LogP contribution is -2.44. The first-order chi connectivity index (χ1) is 8.00. The summed E-state index contributed by atoms with van der Waals surface area (Å²) in [6.45, 7) is 0. The zero-order valence-corrected chi connectivity index (χ0v) is 10.8. The highest BCUT2D eigenvalue weighted by molar-refractivity contribution is 7.89.